The topological polar surface area (TPSA) is 63.4 Å². The second-order valence-corrected chi connectivity index (χ2v) is 7.37. The Labute approximate surface area is 121 Å². The van der Waals surface area contributed by atoms with Crippen molar-refractivity contribution in [1.29, 1.82) is 0 Å². The fourth-order valence-electron chi connectivity index (χ4n) is 2.20. The first-order valence-corrected chi connectivity index (χ1v) is 8.38. The second-order valence-electron chi connectivity index (χ2n) is 4.55. The fourth-order valence-corrected chi connectivity index (χ4v) is 4.51. The maximum Gasteiger partial charge on any atom is 0.246 e. The number of sulfonamides is 1. The number of halogens is 2. The molecule has 1 aromatic rings. The van der Waals surface area contributed by atoms with E-state index in [9.17, 15) is 12.8 Å². The number of hydrogen-bond donors (Lipinski definition) is 1. The summed E-state index contributed by atoms with van der Waals surface area (Å²) in [6.45, 7) is 0.867. The first-order valence-electron chi connectivity index (χ1n) is 6.15. The van der Waals surface area contributed by atoms with Gasteiger partial charge in [0.1, 0.15) is 10.7 Å². The Bertz CT molecular complexity index is 571. The molecule has 1 aliphatic rings. The Balaban J connectivity index is 2.47. The van der Waals surface area contributed by atoms with Crippen molar-refractivity contribution in [3.8, 4) is 0 Å². The van der Waals surface area contributed by atoms with E-state index in [-0.39, 0.29) is 17.0 Å². The molecule has 0 spiro atoms. The van der Waals surface area contributed by atoms with Crippen LogP contribution in [0.2, 0.25) is 0 Å². The lowest BCUT2D eigenvalue weighted by atomic mass is 10.2. The molecule has 0 unspecified atom stereocenters. The quantitative estimate of drug-likeness (QED) is 0.908. The van der Waals surface area contributed by atoms with Gasteiger partial charge in [0.25, 0.3) is 0 Å². The molecule has 1 aliphatic heterocycles. The van der Waals surface area contributed by atoms with Gasteiger partial charge in [0, 0.05) is 29.7 Å². The van der Waals surface area contributed by atoms with Crippen molar-refractivity contribution in [2.45, 2.75) is 30.7 Å². The molecule has 2 rings (SSSR count). The Kier molecular flexibility index (Phi) is 4.60. The van der Waals surface area contributed by atoms with Crippen LogP contribution in [0.1, 0.15) is 24.8 Å². The highest BCUT2D eigenvalue weighted by molar-refractivity contribution is 9.10. The van der Waals surface area contributed by atoms with Gasteiger partial charge in [-0.15, -0.1) is 0 Å². The van der Waals surface area contributed by atoms with Crippen LogP contribution in [0.4, 0.5) is 4.39 Å². The van der Waals surface area contributed by atoms with Gasteiger partial charge in [0.05, 0.1) is 0 Å². The minimum absolute atomic E-state index is 0.0339. The normalized spacial score (nSPS) is 17.6. The summed E-state index contributed by atoms with van der Waals surface area (Å²) >= 11 is 3.20. The monoisotopic (exact) mass is 350 g/mol. The molecule has 0 radical (unpaired) electrons. The SMILES string of the molecule is NCc1cc(Br)cc(S(=O)(=O)N2CCCCC2)c1F. The van der Waals surface area contributed by atoms with E-state index in [1.807, 2.05) is 0 Å². The zero-order valence-electron chi connectivity index (χ0n) is 10.4. The van der Waals surface area contributed by atoms with E-state index >= 15 is 0 Å². The average Bonchev–Trinajstić information content (AvgIpc) is 2.41. The molecule has 0 saturated carbocycles. The van der Waals surface area contributed by atoms with Crippen molar-refractivity contribution in [2.24, 2.45) is 5.73 Å². The van der Waals surface area contributed by atoms with Crippen LogP contribution in [-0.4, -0.2) is 25.8 Å². The van der Waals surface area contributed by atoms with Crippen molar-refractivity contribution in [1.82, 2.24) is 4.31 Å². The molecule has 7 heteroatoms. The molecule has 0 atom stereocenters. The molecule has 4 nitrogen and oxygen atoms in total. The van der Waals surface area contributed by atoms with Gasteiger partial charge in [-0.05, 0) is 25.0 Å². The molecule has 1 aromatic carbocycles. The summed E-state index contributed by atoms with van der Waals surface area (Å²) in [5.41, 5.74) is 5.64. The molecule has 106 valence electrons. The Morgan fingerprint density at radius 3 is 2.47 bits per heavy atom. The third-order valence-electron chi connectivity index (χ3n) is 3.23. The summed E-state index contributed by atoms with van der Waals surface area (Å²) in [6.07, 6.45) is 2.65. The smallest absolute Gasteiger partial charge is 0.246 e. The van der Waals surface area contributed by atoms with Crippen LogP contribution in [0.5, 0.6) is 0 Å². The lowest BCUT2D eigenvalue weighted by Crippen LogP contribution is -2.36. The number of benzene rings is 1. The van der Waals surface area contributed by atoms with Gasteiger partial charge in [0.2, 0.25) is 10.0 Å². The van der Waals surface area contributed by atoms with Crippen LogP contribution >= 0.6 is 15.9 Å². The van der Waals surface area contributed by atoms with Gasteiger partial charge in [-0.1, -0.05) is 22.4 Å². The minimum Gasteiger partial charge on any atom is -0.326 e. The Morgan fingerprint density at radius 2 is 1.89 bits per heavy atom. The third kappa shape index (κ3) is 2.99. The molecule has 0 aliphatic carbocycles. The largest absolute Gasteiger partial charge is 0.326 e. The van der Waals surface area contributed by atoms with Gasteiger partial charge in [-0.3, -0.25) is 0 Å². The van der Waals surface area contributed by atoms with E-state index in [0.29, 0.717) is 17.6 Å². The number of piperidine rings is 1. The molecule has 0 aromatic heterocycles. The van der Waals surface area contributed by atoms with Crippen LogP contribution < -0.4 is 5.73 Å². The van der Waals surface area contributed by atoms with Crippen LogP contribution in [0.15, 0.2) is 21.5 Å². The zero-order chi connectivity index (χ0) is 14.0. The molecular weight excluding hydrogens is 335 g/mol. The molecule has 0 amide bonds. The molecule has 1 heterocycles. The highest BCUT2D eigenvalue weighted by Crippen LogP contribution is 2.28. The molecule has 0 bridgehead atoms. The summed E-state index contributed by atoms with van der Waals surface area (Å²) in [5, 5.41) is 0. The lowest BCUT2D eigenvalue weighted by molar-refractivity contribution is 0.345. The maximum absolute atomic E-state index is 14.2. The summed E-state index contributed by atoms with van der Waals surface area (Å²) < 4.78 is 41.0. The molecular formula is C12H16BrFN2O2S. The van der Waals surface area contributed by atoms with E-state index in [1.54, 1.807) is 0 Å². The lowest BCUT2D eigenvalue weighted by Gasteiger charge is -2.26. The van der Waals surface area contributed by atoms with Gasteiger partial charge in [-0.2, -0.15) is 4.31 Å². The first-order chi connectivity index (χ1) is 8.96. The summed E-state index contributed by atoms with van der Waals surface area (Å²) in [6, 6.07) is 2.81. The van der Waals surface area contributed by atoms with Crippen LogP contribution in [-0.2, 0) is 16.6 Å². The number of hydrogen-bond acceptors (Lipinski definition) is 3. The van der Waals surface area contributed by atoms with Crippen LogP contribution in [0.3, 0.4) is 0 Å². The second kappa shape index (κ2) is 5.87. The number of nitrogens with two attached hydrogens (primary N) is 1. The van der Waals surface area contributed by atoms with Gasteiger partial charge >= 0.3 is 0 Å². The van der Waals surface area contributed by atoms with Crippen molar-refractivity contribution in [2.75, 3.05) is 13.1 Å². The minimum atomic E-state index is -3.78. The van der Waals surface area contributed by atoms with E-state index in [4.69, 9.17) is 5.73 Å². The highest BCUT2D eigenvalue weighted by atomic mass is 79.9. The Hall–Kier alpha value is -0.500. The zero-order valence-corrected chi connectivity index (χ0v) is 12.8. The van der Waals surface area contributed by atoms with Crippen molar-refractivity contribution < 1.29 is 12.8 Å². The molecule has 1 fully saturated rings. The number of nitrogens with zero attached hydrogens (tertiary/aromatic N) is 1. The van der Waals surface area contributed by atoms with Crippen molar-refractivity contribution >= 4 is 26.0 Å². The van der Waals surface area contributed by atoms with Gasteiger partial charge in [-0.25, -0.2) is 12.8 Å². The summed E-state index contributed by atoms with van der Waals surface area (Å²) in [4.78, 5) is -0.288. The first kappa shape index (κ1) is 14.9. The van der Waals surface area contributed by atoms with Crippen molar-refractivity contribution in [3.63, 3.8) is 0 Å². The average molecular weight is 351 g/mol. The predicted octanol–water partition coefficient (Wildman–Crippen LogP) is 2.22. The molecule has 1 saturated heterocycles. The molecule has 2 N–H and O–H groups in total. The van der Waals surface area contributed by atoms with E-state index in [1.165, 1.54) is 16.4 Å². The predicted molar refractivity (Wildman–Crippen MR) is 74.6 cm³/mol. The van der Waals surface area contributed by atoms with Gasteiger partial charge in [0.15, 0.2) is 0 Å². The van der Waals surface area contributed by atoms with Gasteiger partial charge < -0.3 is 5.73 Å². The van der Waals surface area contributed by atoms with E-state index in [2.05, 4.69) is 15.9 Å². The van der Waals surface area contributed by atoms with Crippen LogP contribution in [0, 0.1) is 5.82 Å². The van der Waals surface area contributed by atoms with Crippen LogP contribution in [0.25, 0.3) is 0 Å². The maximum atomic E-state index is 14.2. The fraction of sp³-hybridized carbons (Fsp3) is 0.500. The van der Waals surface area contributed by atoms with Crippen molar-refractivity contribution in [3.05, 3.63) is 28.0 Å². The summed E-state index contributed by atoms with van der Waals surface area (Å²) in [5.74, 6) is -0.740. The Morgan fingerprint density at radius 1 is 1.26 bits per heavy atom. The van der Waals surface area contributed by atoms with E-state index in [0.717, 1.165) is 19.3 Å². The standard InChI is InChI=1S/C12H16BrFN2O2S/c13-10-6-9(8-15)12(14)11(7-10)19(17,18)16-4-2-1-3-5-16/h6-7H,1-5,8,15H2. The highest BCUT2D eigenvalue weighted by Gasteiger charge is 2.29. The number of rotatable bonds is 3. The summed E-state index contributed by atoms with van der Waals surface area (Å²) in [7, 11) is -3.78. The van der Waals surface area contributed by atoms with E-state index < -0.39 is 15.8 Å². The third-order valence-corrected chi connectivity index (χ3v) is 5.59. The molecule has 19 heavy (non-hydrogen) atoms.